The van der Waals surface area contributed by atoms with E-state index < -0.39 is 17.6 Å². The van der Waals surface area contributed by atoms with Crippen molar-refractivity contribution in [2.45, 2.75) is 6.92 Å². The summed E-state index contributed by atoms with van der Waals surface area (Å²) in [6, 6.07) is 0. The Balaban J connectivity index is 3.17. The van der Waals surface area contributed by atoms with E-state index in [0.717, 1.165) is 0 Å². The molecule has 7 nitrogen and oxygen atoms in total. The van der Waals surface area contributed by atoms with Crippen molar-refractivity contribution in [1.29, 1.82) is 5.41 Å². The molecule has 0 aliphatic heterocycles. The number of rotatable bonds is 3. The summed E-state index contributed by atoms with van der Waals surface area (Å²) >= 11 is 0. The van der Waals surface area contributed by atoms with Crippen molar-refractivity contribution < 1.29 is 14.7 Å². The first-order valence-corrected chi connectivity index (χ1v) is 4.45. The first kappa shape index (κ1) is 12.4. The highest BCUT2D eigenvalue weighted by molar-refractivity contribution is 6.11. The number of nitrogens with one attached hydrogen (secondary N) is 1. The van der Waals surface area contributed by atoms with Crippen LogP contribution in [0.3, 0.4) is 0 Å². The van der Waals surface area contributed by atoms with Gasteiger partial charge in [0, 0.05) is 18.5 Å². The molecule has 2 N–H and O–H groups in total. The molecule has 0 radical (unpaired) electrons. The zero-order valence-electron chi connectivity index (χ0n) is 8.84. The molecule has 0 aromatic carbocycles. The summed E-state index contributed by atoms with van der Waals surface area (Å²) in [6.45, 7) is 1.48. The van der Waals surface area contributed by atoms with Crippen molar-refractivity contribution in [3.63, 3.8) is 0 Å². The van der Waals surface area contributed by atoms with E-state index in [1.165, 1.54) is 25.4 Å². The molecular formula is C10H8N4O3. The van der Waals surface area contributed by atoms with Gasteiger partial charge in [0.25, 0.3) is 5.91 Å². The van der Waals surface area contributed by atoms with E-state index in [1.54, 1.807) is 0 Å². The Morgan fingerprint density at radius 2 is 2.00 bits per heavy atom. The van der Waals surface area contributed by atoms with E-state index in [4.69, 9.17) is 10.5 Å². The third-order valence-electron chi connectivity index (χ3n) is 1.66. The van der Waals surface area contributed by atoms with Crippen LogP contribution in [0, 0.1) is 5.41 Å². The molecule has 1 rings (SSSR count). The van der Waals surface area contributed by atoms with Crippen molar-refractivity contribution in [2.75, 3.05) is 0 Å². The lowest BCUT2D eigenvalue weighted by molar-refractivity contribution is 0.0684. The standard InChI is InChI=1S/C10H8N4O3/c1-6(2-3-11)14-9(15)7-8(10(16)17)13-5-4-12-7/h2,4-5,11H,1H3,(H,16,17). The molecule has 17 heavy (non-hydrogen) atoms. The Kier molecular flexibility index (Phi) is 3.96. The lowest BCUT2D eigenvalue weighted by Crippen LogP contribution is -2.12. The van der Waals surface area contributed by atoms with Crippen LogP contribution in [0.25, 0.3) is 0 Å². The van der Waals surface area contributed by atoms with Crippen LogP contribution in [-0.4, -0.2) is 38.5 Å². The van der Waals surface area contributed by atoms with Crippen LogP contribution in [0.5, 0.6) is 0 Å². The number of carbonyl (C=O) groups excluding carboxylic acids is 1. The third-order valence-corrected chi connectivity index (χ3v) is 1.66. The lowest BCUT2D eigenvalue weighted by atomic mass is 10.3. The van der Waals surface area contributed by atoms with Gasteiger partial charge in [-0.2, -0.15) is 0 Å². The molecule has 0 aliphatic rings. The lowest BCUT2D eigenvalue weighted by Gasteiger charge is -1.99. The monoisotopic (exact) mass is 232 g/mol. The fourth-order valence-electron chi connectivity index (χ4n) is 1.00. The van der Waals surface area contributed by atoms with Gasteiger partial charge >= 0.3 is 5.97 Å². The number of amides is 1. The van der Waals surface area contributed by atoms with Crippen LogP contribution >= 0.6 is 0 Å². The smallest absolute Gasteiger partial charge is 0.356 e. The summed E-state index contributed by atoms with van der Waals surface area (Å²) in [7, 11) is 0. The number of hydrogen-bond acceptors (Lipinski definition) is 5. The Hall–Kier alpha value is -2.66. The number of carbonyl (C=O) groups is 2. The summed E-state index contributed by atoms with van der Waals surface area (Å²) in [4.78, 5) is 33.1. The van der Waals surface area contributed by atoms with Gasteiger partial charge in [0.15, 0.2) is 11.4 Å². The molecule has 1 aromatic rings. The molecular weight excluding hydrogens is 224 g/mol. The van der Waals surface area contributed by atoms with Crippen LogP contribution in [0.15, 0.2) is 23.5 Å². The summed E-state index contributed by atoms with van der Waals surface area (Å²) in [6.07, 6.45) is 3.56. The number of aromatic carboxylic acids is 1. The van der Waals surface area contributed by atoms with Crippen LogP contribution in [0.1, 0.15) is 27.9 Å². The maximum absolute atomic E-state index is 11.6. The van der Waals surface area contributed by atoms with Gasteiger partial charge in [0.2, 0.25) is 0 Å². The minimum absolute atomic E-state index is 0.229. The number of allylic oxidation sites excluding steroid dienone is 1. The molecule has 0 unspecified atom stereocenters. The van der Waals surface area contributed by atoms with E-state index >= 15 is 0 Å². The Morgan fingerprint density at radius 3 is 2.53 bits per heavy atom. The maximum atomic E-state index is 11.6. The van der Waals surface area contributed by atoms with Crippen molar-refractivity contribution in [1.82, 2.24) is 9.97 Å². The molecule has 1 aromatic heterocycles. The summed E-state index contributed by atoms with van der Waals surface area (Å²) in [5.74, 6) is -0.219. The third kappa shape index (κ3) is 3.15. The van der Waals surface area contributed by atoms with E-state index in [2.05, 4.69) is 15.0 Å². The number of aliphatic imine (C=N–C) groups is 1. The average molecular weight is 232 g/mol. The number of aromatic nitrogens is 2. The van der Waals surface area contributed by atoms with Gasteiger partial charge in [-0.25, -0.2) is 19.8 Å². The summed E-state index contributed by atoms with van der Waals surface area (Å²) in [5, 5.41) is 15.5. The van der Waals surface area contributed by atoms with Crippen LogP contribution < -0.4 is 0 Å². The largest absolute Gasteiger partial charge is 0.476 e. The second kappa shape index (κ2) is 5.43. The average Bonchev–Trinajstić information content (AvgIpc) is 2.29. The van der Waals surface area contributed by atoms with Gasteiger partial charge < -0.3 is 5.11 Å². The molecule has 0 atom stereocenters. The van der Waals surface area contributed by atoms with Crippen molar-refractivity contribution >= 4 is 23.5 Å². The summed E-state index contributed by atoms with van der Waals surface area (Å²) in [5.41, 5.74) is -0.558. The molecule has 0 spiro atoms. The Labute approximate surface area is 96.1 Å². The molecule has 86 valence electrons. The zero-order chi connectivity index (χ0) is 12.8. The molecule has 0 fully saturated rings. The van der Waals surface area contributed by atoms with Crippen molar-refractivity contribution in [3.8, 4) is 0 Å². The predicted octanol–water partition coefficient (Wildman–Crippen LogP) is 0.581. The van der Waals surface area contributed by atoms with Crippen molar-refractivity contribution in [3.05, 3.63) is 29.9 Å². The van der Waals surface area contributed by atoms with Gasteiger partial charge in [-0.1, -0.05) is 0 Å². The molecule has 1 amide bonds. The number of carboxylic acid groups (broad SMARTS) is 1. The zero-order valence-corrected chi connectivity index (χ0v) is 8.84. The first-order valence-electron chi connectivity index (χ1n) is 4.45. The maximum Gasteiger partial charge on any atom is 0.356 e. The molecule has 0 saturated heterocycles. The van der Waals surface area contributed by atoms with E-state index in [0.29, 0.717) is 0 Å². The molecule has 1 heterocycles. The number of carboxylic acids is 1. The Bertz CT molecular complexity index is 544. The molecule has 0 aliphatic carbocycles. The first-order chi connectivity index (χ1) is 8.06. The highest BCUT2D eigenvalue weighted by Gasteiger charge is 2.18. The Morgan fingerprint density at radius 1 is 1.41 bits per heavy atom. The van der Waals surface area contributed by atoms with Gasteiger partial charge in [-0.3, -0.25) is 10.2 Å². The minimum Gasteiger partial charge on any atom is -0.476 e. The van der Waals surface area contributed by atoms with E-state index in [1.807, 2.05) is 5.87 Å². The number of nitrogens with zero attached hydrogens (tertiary/aromatic N) is 3. The van der Waals surface area contributed by atoms with E-state index in [9.17, 15) is 9.59 Å². The van der Waals surface area contributed by atoms with Crippen LogP contribution in [-0.2, 0) is 0 Å². The quantitative estimate of drug-likeness (QED) is 0.739. The second-order valence-corrected chi connectivity index (χ2v) is 2.91. The highest BCUT2D eigenvalue weighted by Crippen LogP contribution is 2.04. The van der Waals surface area contributed by atoms with Crippen molar-refractivity contribution in [2.24, 2.45) is 4.99 Å². The normalized spacial score (nSPS) is 10.5. The predicted molar refractivity (Wildman–Crippen MR) is 58.7 cm³/mol. The highest BCUT2D eigenvalue weighted by atomic mass is 16.4. The minimum atomic E-state index is -1.35. The molecule has 0 bridgehead atoms. The fourth-order valence-corrected chi connectivity index (χ4v) is 1.00. The van der Waals surface area contributed by atoms with Crippen LogP contribution in [0.4, 0.5) is 0 Å². The van der Waals surface area contributed by atoms with Gasteiger partial charge in [0.1, 0.15) is 0 Å². The molecule has 7 heteroatoms. The summed E-state index contributed by atoms with van der Waals surface area (Å²) < 4.78 is 0. The molecule has 0 saturated carbocycles. The van der Waals surface area contributed by atoms with Crippen LogP contribution in [0.2, 0.25) is 0 Å². The number of hydrogen-bond donors (Lipinski definition) is 2. The second-order valence-electron chi connectivity index (χ2n) is 2.91. The van der Waals surface area contributed by atoms with Gasteiger partial charge in [-0.05, 0) is 12.8 Å². The van der Waals surface area contributed by atoms with E-state index in [-0.39, 0.29) is 11.4 Å². The topological polar surface area (TPSA) is 116 Å². The fraction of sp³-hybridized carbons (Fsp3) is 0.100. The van der Waals surface area contributed by atoms with Gasteiger partial charge in [0.05, 0.1) is 5.71 Å². The van der Waals surface area contributed by atoms with Gasteiger partial charge in [-0.15, -0.1) is 0 Å². The SMILES string of the molecule is CC(C=C=N)=NC(=O)c1nccnc1C(=O)O.